The molecule has 5 aromatic rings. The van der Waals surface area contributed by atoms with Gasteiger partial charge in [0.2, 0.25) is 5.91 Å². The Balaban J connectivity index is 1.23. The molecule has 0 unspecified atom stereocenters. The van der Waals surface area contributed by atoms with Crippen molar-refractivity contribution >= 4 is 27.8 Å². The number of carbonyl (C=O) groups is 1. The Labute approximate surface area is 215 Å². The summed E-state index contributed by atoms with van der Waals surface area (Å²) < 4.78 is 7.97. The molecule has 1 amide bonds. The molecule has 1 atom stereocenters. The van der Waals surface area contributed by atoms with Gasteiger partial charge in [-0.15, -0.1) is 0 Å². The summed E-state index contributed by atoms with van der Waals surface area (Å²) >= 11 is 0. The molecular formula is C30H29N5O2. The highest BCUT2D eigenvalue weighted by molar-refractivity contribution is 5.87. The van der Waals surface area contributed by atoms with E-state index in [4.69, 9.17) is 9.72 Å². The van der Waals surface area contributed by atoms with E-state index < -0.39 is 0 Å². The second-order valence-electron chi connectivity index (χ2n) is 10.3. The number of imidazole rings is 1. The summed E-state index contributed by atoms with van der Waals surface area (Å²) in [4.78, 5) is 19.8. The number of para-hydroxylation sites is 1. The first kappa shape index (κ1) is 22.1. The summed E-state index contributed by atoms with van der Waals surface area (Å²) in [6.07, 6.45) is 4.99. The van der Waals surface area contributed by atoms with Crippen LogP contribution in [0.5, 0.6) is 5.75 Å². The van der Waals surface area contributed by atoms with Crippen LogP contribution in [0, 0.1) is 11.8 Å². The Morgan fingerprint density at radius 2 is 1.84 bits per heavy atom. The first-order chi connectivity index (χ1) is 18.2. The van der Waals surface area contributed by atoms with Gasteiger partial charge >= 0.3 is 0 Å². The number of hydrogen-bond donors (Lipinski definition) is 1. The van der Waals surface area contributed by atoms with Gasteiger partial charge in [0.05, 0.1) is 24.3 Å². The van der Waals surface area contributed by atoms with Gasteiger partial charge in [0.1, 0.15) is 17.1 Å². The summed E-state index contributed by atoms with van der Waals surface area (Å²) in [7, 11) is 1.69. The Hall–Kier alpha value is -4.13. The van der Waals surface area contributed by atoms with Crippen molar-refractivity contribution in [3.8, 4) is 28.3 Å². The largest absolute Gasteiger partial charge is 0.494 e. The lowest BCUT2D eigenvalue weighted by Crippen LogP contribution is -2.30. The van der Waals surface area contributed by atoms with Crippen LogP contribution in [0.1, 0.15) is 19.3 Å². The second-order valence-corrected chi connectivity index (χ2v) is 10.3. The van der Waals surface area contributed by atoms with E-state index in [0.717, 1.165) is 89.1 Å². The fourth-order valence-corrected chi connectivity index (χ4v) is 5.65. The van der Waals surface area contributed by atoms with Crippen molar-refractivity contribution in [2.75, 3.05) is 20.2 Å². The van der Waals surface area contributed by atoms with Gasteiger partial charge in [0, 0.05) is 36.5 Å². The number of rotatable bonds is 6. The lowest BCUT2D eigenvalue weighted by molar-refractivity contribution is -0.131. The smallest absolute Gasteiger partial charge is 0.225 e. The number of aromatic nitrogens is 4. The predicted molar refractivity (Wildman–Crippen MR) is 144 cm³/mol. The minimum atomic E-state index is 0.278. The molecule has 1 saturated carbocycles. The molecule has 1 N–H and O–H groups in total. The predicted octanol–water partition coefficient (Wildman–Crippen LogP) is 5.51. The number of nitrogens with one attached hydrogen (secondary N) is 1. The number of methoxy groups -OCH3 is 1. The van der Waals surface area contributed by atoms with Gasteiger partial charge in [0.15, 0.2) is 0 Å². The zero-order valence-electron chi connectivity index (χ0n) is 20.9. The number of nitrogens with zero attached hydrogens (tertiary/aromatic N) is 4. The van der Waals surface area contributed by atoms with E-state index >= 15 is 0 Å². The third kappa shape index (κ3) is 3.95. The molecule has 0 bridgehead atoms. The Kier molecular flexibility index (Phi) is 5.23. The Bertz CT molecular complexity index is 1610. The van der Waals surface area contributed by atoms with Gasteiger partial charge < -0.3 is 14.2 Å². The van der Waals surface area contributed by atoms with Gasteiger partial charge in [-0.2, -0.15) is 5.10 Å². The highest BCUT2D eigenvalue weighted by Gasteiger charge is 2.36. The number of benzene rings is 3. The number of H-pyrrole nitrogens is 1. The quantitative estimate of drug-likeness (QED) is 0.340. The van der Waals surface area contributed by atoms with Gasteiger partial charge in [-0.05, 0) is 60.6 Å². The highest BCUT2D eigenvalue weighted by Crippen LogP contribution is 2.36. The Morgan fingerprint density at radius 1 is 1.03 bits per heavy atom. The zero-order valence-corrected chi connectivity index (χ0v) is 20.9. The number of carbonyl (C=O) groups excluding carboxylic acids is 1. The maximum absolute atomic E-state index is 12.6. The number of hydrogen-bond acceptors (Lipinski definition) is 4. The summed E-state index contributed by atoms with van der Waals surface area (Å²) in [5.74, 6) is 2.75. The van der Waals surface area contributed by atoms with Crippen LogP contribution < -0.4 is 4.74 Å². The summed E-state index contributed by atoms with van der Waals surface area (Å²) in [6, 6.07) is 21.0. The fourth-order valence-electron chi connectivity index (χ4n) is 5.65. The molecule has 7 heteroatoms. The molecule has 3 aromatic carbocycles. The average molecular weight is 492 g/mol. The molecule has 0 spiro atoms. The average Bonchev–Trinajstić information content (AvgIpc) is 3.32. The standard InChI is InChI=1S/C30H29N5O2/c1-37-27-4-2-3-26-28(27)32-29(35(26)18-19-13-14-34(17-19)30(36)22-9-10-22)21-7-5-20(6-8-21)23-11-12-25-24(15-23)16-31-33-25/h2-8,11-12,15-16,19,22H,9-10,13-14,17-18H2,1H3,(H,31,33)/t19-/m1/s1. The van der Waals surface area contributed by atoms with Crippen LogP contribution in [0.4, 0.5) is 0 Å². The molecule has 1 saturated heterocycles. The molecule has 7 nitrogen and oxygen atoms in total. The van der Waals surface area contributed by atoms with Gasteiger partial charge in [0.25, 0.3) is 0 Å². The van der Waals surface area contributed by atoms with E-state index in [1.54, 1.807) is 7.11 Å². The van der Waals surface area contributed by atoms with Gasteiger partial charge in [-0.1, -0.05) is 36.4 Å². The minimum Gasteiger partial charge on any atom is -0.494 e. The summed E-state index contributed by atoms with van der Waals surface area (Å²) in [5, 5.41) is 8.24. The monoisotopic (exact) mass is 491 g/mol. The number of fused-ring (bicyclic) bond motifs is 2. The number of aromatic amines is 1. The summed E-state index contributed by atoms with van der Waals surface area (Å²) in [6.45, 7) is 2.52. The van der Waals surface area contributed by atoms with Crippen LogP contribution in [0.15, 0.2) is 66.9 Å². The first-order valence-electron chi connectivity index (χ1n) is 13.0. The molecule has 0 radical (unpaired) electrons. The maximum atomic E-state index is 12.6. The third-order valence-electron chi connectivity index (χ3n) is 7.84. The first-order valence-corrected chi connectivity index (χ1v) is 13.0. The molecule has 37 heavy (non-hydrogen) atoms. The number of amides is 1. The zero-order chi connectivity index (χ0) is 24.9. The topological polar surface area (TPSA) is 76.0 Å². The van der Waals surface area contributed by atoms with Crippen molar-refractivity contribution in [2.24, 2.45) is 11.8 Å². The lowest BCUT2D eigenvalue weighted by Gasteiger charge is -2.18. The van der Waals surface area contributed by atoms with E-state index in [1.807, 2.05) is 18.3 Å². The SMILES string of the molecule is COc1cccc2c1nc(-c1ccc(-c3ccc4[nH]ncc4c3)cc1)n2C[C@@H]1CCN(C(=O)C2CC2)C1. The second kappa shape index (κ2) is 8.76. The van der Waals surface area contributed by atoms with Gasteiger partial charge in [-0.25, -0.2) is 4.98 Å². The van der Waals surface area contributed by atoms with Crippen LogP contribution in [-0.2, 0) is 11.3 Å². The molecule has 7 rings (SSSR count). The molecule has 3 heterocycles. The van der Waals surface area contributed by atoms with Crippen LogP contribution in [0.3, 0.4) is 0 Å². The van der Waals surface area contributed by atoms with Crippen molar-refractivity contribution in [3.63, 3.8) is 0 Å². The van der Waals surface area contributed by atoms with Crippen molar-refractivity contribution < 1.29 is 9.53 Å². The van der Waals surface area contributed by atoms with Crippen LogP contribution >= 0.6 is 0 Å². The molecular weight excluding hydrogens is 462 g/mol. The normalized spacial score (nSPS) is 17.6. The van der Waals surface area contributed by atoms with Crippen molar-refractivity contribution in [1.82, 2.24) is 24.6 Å². The molecule has 1 aliphatic heterocycles. The third-order valence-corrected chi connectivity index (χ3v) is 7.84. The van der Waals surface area contributed by atoms with E-state index in [1.165, 1.54) is 0 Å². The van der Waals surface area contributed by atoms with E-state index in [2.05, 4.69) is 68.2 Å². The maximum Gasteiger partial charge on any atom is 0.225 e. The highest BCUT2D eigenvalue weighted by atomic mass is 16.5. The molecule has 1 aliphatic carbocycles. The van der Waals surface area contributed by atoms with Crippen molar-refractivity contribution in [2.45, 2.75) is 25.8 Å². The van der Waals surface area contributed by atoms with E-state index in [-0.39, 0.29) is 5.92 Å². The minimum absolute atomic E-state index is 0.278. The van der Waals surface area contributed by atoms with Crippen LogP contribution in [-0.4, -0.2) is 50.8 Å². The van der Waals surface area contributed by atoms with E-state index in [0.29, 0.717) is 11.8 Å². The molecule has 2 aliphatic rings. The molecule has 186 valence electrons. The van der Waals surface area contributed by atoms with Crippen molar-refractivity contribution in [1.29, 1.82) is 0 Å². The van der Waals surface area contributed by atoms with E-state index in [9.17, 15) is 4.79 Å². The summed E-state index contributed by atoms with van der Waals surface area (Å²) in [5.41, 5.74) is 6.34. The van der Waals surface area contributed by atoms with Crippen LogP contribution in [0.25, 0.3) is 44.5 Å². The lowest BCUT2D eigenvalue weighted by atomic mass is 10.0. The Morgan fingerprint density at radius 3 is 2.65 bits per heavy atom. The molecule has 2 aromatic heterocycles. The van der Waals surface area contributed by atoms with Crippen molar-refractivity contribution in [3.05, 3.63) is 66.9 Å². The fraction of sp³-hybridized carbons (Fsp3) is 0.300. The van der Waals surface area contributed by atoms with Gasteiger partial charge in [-0.3, -0.25) is 9.89 Å². The van der Waals surface area contributed by atoms with Crippen LogP contribution in [0.2, 0.25) is 0 Å². The number of likely N-dealkylation sites (tertiary alicyclic amines) is 1. The number of ether oxygens (including phenoxy) is 1. The molecule has 2 fully saturated rings.